The number of carboxylic acids is 3. The minimum absolute atomic E-state index is 0. The van der Waals surface area contributed by atoms with Crippen molar-refractivity contribution in [2.75, 3.05) is 6.54 Å². The molecule has 4 aromatic rings. The first-order valence-electron chi connectivity index (χ1n) is 19.3. The van der Waals surface area contributed by atoms with Gasteiger partial charge in [-0.15, -0.1) is 22.1 Å². The summed E-state index contributed by atoms with van der Waals surface area (Å²) in [5, 5.41) is 34.2. The van der Waals surface area contributed by atoms with Crippen LogP contribution in [0.1, 0.15) is 103 Å². The number of allylic oxidation sites excluding steroid dienone is 4. The number of fused-ring (bicyclic) bond motifs is 8. The van der Waals surface area contributed by atoms with Crippen molar-refractivity contribution in [3.05, 3.63) is 99.1 Å². The summed E-state index contributed by atoms with van der Waals surface area (Å²) < 4.78 is 0. The zero-order chi connectivity index (χ0) is 42.4. The van der Waals surface area contributed by atoms with Crippen molar-refractivity contribution in [1.82, 2.24) is 25.3 Å². The molecule has 2 aliphatic rings. The fraction of sp³-hybridized carbons (Fsp3) is 0.311. The van der Waals surface area contributed by atoms with Crippen LogP contribution in [0, 0.1) is 13.8 Å². The smallest absolute Gasteiger partial charge is 0.657 e. The molecular weight excluding hydrogens is 964 g/mol. The molecule has 1 aromatic carbocycles. The third kappa shape index (κ3) is 10.7. The number of aliphatic carboxylic acids is 3. The molecule has 1 amide bonds. The number of carboxylic acid groups (broad SMARTS) is 3. The summed E-state index contributed by atoms with van der Waals surface area (Å²) in [5.74, 6) is -2.96. The fourth-order valence-corrected chi connectivity index (χ4v) is 7.60. The molecule has 312 valence electrons. The van der Waals surface area contributed by atoms with Crippen LogP contribution in [0.25, 0.3) is 44.4 Å². The van der Waals surface area contributed by atoms with E-state index in [2.05, 4.69) is 27.7 Å². The number of hydrogen-bond acceptors (Lipinski definition) is 8. The summed E-state index contributed by atoms with van der Waals surface area (Å²) in [4.78, 5) is 72.4. The summed E-state index contributed by atoms with van der Waals surface area (Å²) >= 11 is 4.67. The zero-order valence-corrected chi connectivity index (χ0v) is 36.7. The van der Waals surface area contributed by atoms with Crippen molar-refractivity contribution in [3.8, 4) is 0 Å². The van der Waals surface area contributed by atoms with Crippen molar-refractivity contribution >= 4 is 91.2 Å². The van der Waals surface area contributed by atoms with Gasteiger partial charge in [-0.3, -0.25) is 19.2 Å². The number of rotatable bonds is 16. The van der Waals surface area contributed by atoms with E-state index in [1.807, 2.05) is 76.2 Å². The summed E-state index contributed by atoms with van der Waals surface area (Å²) in [7, 11) is 0. The zero-order valence-electron chi connectivity index (χ0n) is 33.6. The van der Waals surface area contributed by atoms with E-state index in [0.29, 0.717) is 69.9 Å². The third-order valence-electron chi connectivity index (χ3n) is 10.9. The molecule has 0 saturated heterocycles. The van der Waals surface area contributed by atoms with E-state index in [-0.39, 0.29) is 71.9 Å². The summed E-state index contributed by atoms with van der Waals surface area (Å²) in [6, 6.07) is 14.9. The van der Waals surface area contributed by atoms with Gasteiger partial charge in [0.25, 0.3) is 0 Å². The van der Waals surface area contributed by atoms with E-state index in [9.17, 15) is 34.5 Å². The number of benzene rings is 1. The number of thiocarbonyl (C=S) groups is 1. The number of carbonyl (C=O) groups is 4. The Morgan fingerprint density at radius 2 is 1.07 bits per heavy atom. The van der Waals surface area contributed by atoms with Gasteiger partial charge in [0.15, 0.2) is 0 Å². The molecule has 60 heavy (non-hydrogen) atoms. The monoisotopic (exact) mass is 1010 g/mol. The molecule has 0 aliphatic carbocycles. The SMILES string of the molecule is CC1=C(CCC(=O)O)c2cc3[n-]c(cc4nc(cc5[n-]c(cc1n2)c(CCC(=O)O)c5C)C(CCC(=O)NCCc1ccc(N=C=S)cc1)=C4C)c(CCC(=O)O)c3C.[Pt+2]. The van der Waals surface area contributed by atoms with Crippen LogP contribution in [0.3, 0.4) is 0 Å². The van der Waals surface area contributed by atoms with Crippen LogP contribution in [-0.2, 0) is 59.5 Å². The molecule has 3 aromatic heterocycles. The van der Waals surface area contributed by atoms with Gasteiger partial charge in [0, 0.05) is 32.2 Å². The van der Waals surface area contributed by atoms with E-state index >= 15 is 0 Å². The predicted molar refractivity (Wildman–Crippen MR) is 229 cm³/mol. The van der Waals surface area contributed by atoms with Gasteiger partial charge in [-0.25, -0.2) is 9.97 Å². The standard InChI is InChI=1S/C45H46N6O7S.Pt/c1-24-30(9-13-42(52)46-18-17-28-5-7-29(8-6-28)47-23-59)38-19-35-25(2)31(10-14-43(53)54)40(49-35)21-37-27(4)33(12-16-45(57)58)41(51-37)22-36-26(3)32(11-15-44(55)56)39(50-36)20-34(24)48-38;/h5-8,19-22H,9-18H2,1-4H3,(H6,46,48,49,50,51,52,53,54,55,56,57,58);/q;+2/p-2. The molecule has 0 spiro atoms. The van der Waals surface area contributed by atoms with Crippen LogP contribution in [0.5, 0.6) is 0 Å². The fourth-order valence-electron chi connectivity index (χ4n) is 7.49. The van der Waals surface area contributed by atoms with E-state index in [1.54, 1.807) is 0 Å². The van der Waals surface area contributed by atoms with Crippen LogP contribution >= 0.6 is 12.2 Å². The Hall–Kier alpha value is -5.81. The minimum Gasteiger partial charge on any atom is -0.657 e. The first-order chi connectivity index (χ1) is 28.2. The summed E-state index contributed by atoms with van der Waals surface area (Å²) in [6.07, 6.45) is 1.52. The average Bonchev–Trinajstić information content (AvgIpc) is 3.84. The van der Waals surface area contributed by atoms with Gasteiger partial charge in [-0.05, 0) is 112 Å². The Kier molecular flexibility index (Phi) is 15.1. The number of nitrogens with zero attached hydrogens (tertiary/aromatic N) is 5. The van der Waals surface area contributed by atoms with E-state index in [4.69, 9.17) is 19.9 Å². The van der Waals surface area contributed by atoms with E-state index in [1.165, 1.54) is 0 Å². The Labute approximate surface area is 366 Å². The molecule has 2 aliphatic heterocycles. The second-order valence-corrected chi connectivity index (χ2v) is 14.9. The molecule has 6 rings (SSSR count). The van der Waals surface area contributed by atoms with Crippen LogP contribution in [0.4, 0.5) is 5.69 Å². The quantitative estimate of drug-likeness (QED) is 0.0626. The molecule has 15 heteroatoms. The van der Waals surface area contributed by atoms with Crippen LogP contribution < -0.4 is 15.3 Å². The van der Waals surface area contributed by atoms with Crippen molar-refractivity contribution in [2.45, 2.75) is 85.5 Å². The molecular formula is C45H44N6O7PtS. The Morgan fingerprint density at radius 3 is 1.52 bits per heavy atom. The largest absolute Gasteiger partial charge is 2.00 e. The van der Waals surface area contributed by atoms with Crippen molar-refractivity contribution in [2.24, 2.45) is 4.99 Å². The maximum absolute atomic E-state index is 13.2. The molecule has 0 unspecified atom stereocenters. The number of aromatic nitrogens is 4. The number of isothiocyanates is 1. The van der Waals surface area contributed by atoms with Gasteiger partial charge in [0.2, 0.25) is 5.91 Å². The number of aliphatic imine (C=N–C) groups is 1. The Morgan fingerprint density at radius 1 is 0.633 bits per heavy atom. The third-order valence-corrected chi connectivity index (χ3v) is 10.9. The molecule has 0 radical (unpaired) electrons. The molecule has 0 saturated carbocycles. The van der Waals surface area contributed by atoms with Crippen LogP contribution in [0.2, 0.25) is 0 Å². The number of aryl methyl sites for hydroxylation is 4. The second kappa shape index (κ2) is 20.0. The van der Waals surface area contributed by atoms with Crippen molar-refractivity contribution in [1.29, 1.82) is 0 Å². The Bertz CT molecular complexity index is 2650. The van der Waals surface area contributed by atoms with Crippen molar-refractivity contribution in [3.63, 3.8) is 0 Å². The predicted octanol–water partition coefficient (Wildman–Crippen LogP) is 7.82. The van der Waals surface area contributed by atoms with E-state index < -0.39 is 17.9 Å². The number of carbonyl (C=O) groups excluding carboxylic acids is 1. The first-order valence-corrected chi connectivity index (χ1v) is 19.8. The van der Waals surface area contributed by atoms with Gasteiger partial charge in [-0.2, -0.15) is 4.99 Å². The Balaban J connectivity index is 0.00000683. The molecule has 8 bridgehead atoms. The van der Waals surface area contributed by atoms with Gasteiger partial charge in [-0.1, -0.05) is 58.7 Å². The van der Waals surface area contributed by atoms with Gasteiger partial charge in [0.05, 0.1) is 33.6 Å². The maximum Gasteiger partial charge on any atom is 2.00 e. The molecule has 0 atom stereocenters. The molecule has 5 heterocycles. The summed E-state index contributed by atoms with van der Waals surface area (Å²) in [6.45, 7) is 8.03. The van der Waals surface area contributed by atoms with Gasteiger partial charge < -0.3 is 30.6 Å². The molecule has 0 fully saturated rings. The topological polar surface area (TPSA) is 207 Å². The number of hydrogen-bond donors (Lipinski definition) is 4. The number of amides is 1. The first kappa shape index (κ1) is 45.3. The van der Waals surface area contributed by atoms with Crippen molar-refractivity contribution < 1.29 is 55.6 Å². The molecule has 4 N–H and O–H groups in total. The normalized spacial score (nSPS) is 12.2. The maximum atomic E-state index is 13.2. The average molecular weight is 1010 g/mol. The van der Waals surface area contributed by atoms with Gasteiger partial charge >= 0.3 is 39.0 Å². The van der Waals surface area contributed by atoms with Crippen LogP contribution in [0.15, 0.2) is 53.5 Å². The van der Waals surface area contributed by atoms with E-state index in [0.717, 1.165) is 50.1 Å². The molecule has 13 nitrogen and oxygen atoms in total. The minimum atomic E-state index is -0.950. The number of nitrogens with one attached hydrogen (secondary N) is 1. The summed E-state index contributed by atoms with van der Waals surface area (Å²) in [5.41, 5.74) is 12.6. The van der Waals surface area contributed by atoms with Gasteiger partial charge in [0.1, 0.15) is 0 Å². The van der Waals surface area contributed by atoms with Crippen LogP contribution in [-0.4, -0.2) is 60.8 Å². The second-order valence-electron chi connectivity index (χ2n) is 14.7.